The van der Waals surface area contributed by atoms with Gasteiger partial charge in [-0.05, 0) is 18.2 Å². The maximum atomic E-state index is 5.53. The van der Waals surface area contributed by atoms with Gasteiger partial charge in [0.1, 0.15) is 0 Å². The van der Waals surface area contributed by atoms with Crippen molar-refractivity contribution in [1.82, 2.24) is 0 Å². The van der Waals surface area contributed by atoms with E-state index in [9.17, 15) is 0 Å². The summed E-state index contributed by atoms with van der Waals surface area (Å²) in [7, 11) is 0. The topological polar surface area (TPSA) is 39.4 Å². The number of hydrogen-bond acceptors (Lipinski definition) is 3. The van der Waals surface area contributed by atoms with Crippen LogP contribution in [0.1, 0.15) is 7.43 Å². The molecule has 0 bridgehead atoms. The third-order valence-electron chi connectivity index (χ3n) is 2.43. The van der Waals surface area contributed by atoms with Crippen molar-refractivity contribution in [1.29, 1.82) is 0 Å². The molecule has 0 N–H and O–H groups in total. The first-order chi connectivity index (χ1) is 8.32. The van der Waals surface area contributed by atoms with Crippen molar-refractivity contribution in [2.24, 2.45) is 0 Å². The Balaban J connectivity index is 0.00000120. The highest BCUT2D eigenvalue weighted by molar-refractivity contribution is 9.44. The molecule has 0 amide bonds. The minimum absolute atomic E-state index is 0. The van der Waals surface area contributed by atoms with Gasteiger partial charge in [0.2, 0.25) is 0 Å². The molecule has 3 nitrogen and oxygen atoms in total. The summed E-state index contributed by atoms with van der Waals surface area (Å²) in [6.07, 6.45) is 4.95. The number of hydrogen-bond donors (Lipinski definition) is 0. The van der Waals surface area contributed by atoms with Crippen LogP contribution >= 0.6 is 21.5 Å². The minimum atomic E-state index is -2.07. The van der Waals surface area contributed by atoms with Crippen molar-refractivity contribution in [3.8, 4) is 0 Å². The summed E-state index contributed by atoms with van der Waals surface area (Å²) in [5, 5.41) is 0. The lowest BCUT2D eigenvalue weighted by Crippen LogP contribution is -2.23. The molecule has 3 aromatic heterocycles. The Labute approximate surface area is 114 Å². The normalized spacial score (nSPS) is 11.2. The van der Waals surface area contributed by atoms with Crippen LogP contribution in [0.25, 0.3) is 0 Å². The molecule has 0 radical (unpaired) electrons. The lowest BCUT2D eigenvalue weighted by atomic mass is 10.7. The fourth-order valence-electron chi connectivity index (χ4n) is 1.66. The first-order valence-corrected chi connectivity index (χ1v) is 8.83. The van der Waals surface area contributed by atoms with E-state index < -0.39 is 5.96 Å². The molecule has 0 spiro atoms. The van der Waals surface area contributed by atoms with E-state index in [1.54, 1.807) is 18.8 Å². The van der Waals surface area contributed by atoms with Crippen molar-refractivity contribution in [2.45, 2.75) is 7.43 Å². The second-order valence-electron chi connectivity index (χ2n) is 3.44. The SMILES string of the molecule is Br[P+](c1ccco1)(c1ccco1)c1ccco1.C. The van der Waals surface area contributed by atoms with E-state index in [2.05, 4.69) is 15.5 Å². The van der Waals surface area contributed by atoms with Gasteiger partial charge in [0.15, 0.2) is 15.5 Å². The summed E-state index contributed by atoms with van der Waals surface area (Å²) in [6.45, 7) is 0. The van der Waals surface area contributed by atoms with Crippen LogP contribution in [0, 0.1) is 0 Å². The Hall–Kier alpha value is -1.25. The quantitative estimate of drug-likeness (QED) is 0.688. The molecule has 3 rings (SSSR count). The zero-order valence-electron chi connectivity index (χ0n) is 8.75. The van der Waals surface area contributed by atoms with E-state index in [1.165, 1.54) is 0 Å². The van der Waals surface area contributed by atoms with E-state index >= 15 is 0 Å². The molecule has 0 aliphatic rings. The van der Waals surface area contributed by atoms with Gasteiger partial charge in [0, 0.05) is 18.2 Å². The first kappa shape index (κ1) is 13.2. The number of furan rings is 3. The van der Waals surface area contributed by atoms with Crippen LogP contribution < -0.4 is 16.5 Å². The Morgan fingerprint density at radius 3 is 1.28 bits per heavy atom. The van der Waals surface area contributed by atoms with Crippen LogP contribution in [-0.2, 0) is 0 Å². The molecule has 0 fully saturated rings. The average molecular weight is 328 g/mol. The van der Waals surface area contributed by atoms with E-state index in [1.807, 2.05) is 36.4 Å². The minimum Gasteiger partial charge on any atom is -0.434 e. The lowest BCUT2D eigenvalue weighted by Gasteiger charge is -2.09. The molecule has 0 saturated carbocycles. The van der Waals surface area contributed by atoms with Crippen LogP contribution in [0.2, 0.25) is 0 Å². The standard InChI is InChI=1S/C12H9BrO3P.CH4/c13-17(10-4-1-7-14-10,11-5-2-8-15-11)12-6-3-9-16-12;/h1-9H;1H4/q+1;. The summed E-state index contributed by atoms with van der Waals surface area (Å²) in [4.78, 5) is 0. The predicted molar refractivity (Wildman–Crippen MR) is 77.6 cm³/mol. The van der Waals surface area contributed by atoms with Gasteiger partial charge in [-0.15, -0.1) is 0 Å². The highest BCUT2D eigenvalue weighted by Crippen LogP contribution is 2.62. The number of rotatable bonds is 3. The molecule has 18 heavy (non-hydrogen) atoms. The Morgan fingerprint density at radius 2 is 1.06 bits per heavy atom. The lowest BCUT2D eigenvalue weighted by molar-refractivity contribution is 0.584. The van der Waals surface area contributed by atoms with Crippen molar-refractivity contribution < 1.29 is 13.3 Å². The highest BCUT2D eigenvalue weighted by Gasteiger charge is 2.53. The maximum Gasteiger partial charge on any atom is 0.292 e. The summed E-state index contributed by atoms with van der Waals surface area (Å²) in [6, 6.07) is 11.3. The van der Waals surface area contributed by atoms with E-state index in [-0.39, 0.29) is 7.43 Å². The second-order valence-corrected chi connectivity index (χ2v) is 9.13. The van der Waals surface area contributed by atoms with Crippen molar-refractivity contribution in [2.75, 3.05) is 0 Å². The molecule has 0 aromatic carbocycles. The monoisotopic (exact) mass is 327 g/mol. The van der Waals surface area contributed by atoms with Gasteiger partial charge in [-0.25, -0.2) is 0 Å². The smallest absolute Gasteiger partial charge is 0.292 e. The van der Waals surface area contributed by atoms with Crippen molar-refractivity contribution in [3.05, 3.63) is 55.2 Å². The van der Waals surface area contributed by atoms with Gasteiger partial charge < -0.3 is 13.3 Å². The van der Waals surface area contributed by atoms with Gasteiger partial charge in [0.05, 0.1) is 18.8 Å². The van der Waals surface area contributed by atoms with Crippen LogP contribution in [0.5, 0.6) is 0 Å². The predicted octanol–water partition coefficient (Wildman–Crippen LogP) is 3.71. The molecule has 0 aliphatic heterocycles. The molecule has 3 heterocycles. The largest absolute Gasteiger partial charge is 0.434 e. The van der Waals surface area contributed by atoms with Gasteiger partial charge in [-0.3, -0.25) is 0 Å². The van der Waals surface area contributed by atoms with Crippen LogP contribution in [-0.4, -0.2) is 0 Å². The Kier molecular flexibility index (Phi) is 3.79. The Morgan fingerprint density at radius 1 is 0.722 bits per heavy atom. The van der Waals surface area contributed by atoms with Crippen LogP contribution in [0.3, 0.4) is 0 Å². The molecular weight excluding hydrogens is 315 g/mol. The zero-order chi connectivity index (χ0) is 11.7. The fraction of sp³-hybridized carbons (Fsp3) is 0.0769. The van der Waals surface area contributed by atoms with E-state index in [0.717, 1.165) is 16.5 Å². The van der Waals surface area contributed by atoms with Crippen LogP contribution in [0.15, 0.2) is 68.4 Å². The summed E-state index contributed by atoms with van der Waals surface area (Å²) >= 11 is 3.78. The summed E-state index contributed by atoms with van der Waals surface area (Å²) in [5.41, 5.74) is 2.47. The van der Waals surface area contributed by atoms with Gasteiger partial charge in [0.25, 0.3) is 22.5 Å². The zero-order valence-corrected chi connectivity index (χ0v) is 11.2. The van der Waals surface area contributed by atoms with Gasteiger partial charge in [-0.1, -0.05) is 7.43 Å². The Bertz CT molecular complexity index is 486. The van der Waals surface area contributed by atoms with Crippen LogP contribution in [0.4, 0.5) is 0 Å². The first-order valence-electron chi connectivity index (χ1n) is 5.03. The summed E-state index contributed by atoms with van der Waals surface area (Å²) < 4.78 is 16.6. The molecule has 0 atom stereocenters. The maximum absolute atomic E-state index is 5.53. The van der Waals surface area contributed by atoms with Gasteiger partial charge >= 0.3 is 0 Å². The molecule has 0 aliphatic carbocycles. The molecule has 0 unspecified atom stereocenters. The molecule has 0 saturated heterocycles. The third-order valence-corrected chi connectivity index (χ3v) is 8.16. The summed E-state index contributed by atoms with van der Waals surface area (Å²) in [5.74, 6) is -2.07. The third kappa shape index (κ3) is 1.96. The van der Waals surface area contributed by atoms with E-state index in [4.69, 9.17) is 13.3 Å². The number of halogens is 1. The highest BCUT2D eigenvalue weighted by atomic mass is 79.9. The molecule has 5 heteroatoms. The average Bonchev–Trinajstić information content (AvgIpc) is 3.10. The molecule has 3 aromatic rings. The van der Waals surface area contributed by atoms with E-state index in [0.29, 0.717) is 0 Å². The second kappa shape index (κ2) is 5.17. The molecular formula is C13H13BrO3P+. The van der Waals surface area contributed by atoms with Gasteiger partial charge in [-0.2, -0.15) is 0 Å². The fourth-order valence-corrected chi connectivity index (χ4v) is 5.62. The molecule has 94 valence electrons. The van der Waals surface area contributed by atoms with Crippen molar-refractivity contribution >= 4 is 38.0 Å². The van der Waals surface area contributed by atoms with Crippen molar-refractivity contribution in [3.63, 3.8) is 0 Å².